The number of halogens is 1. The summed E-state index contributed by atoms with van der Waals surface area (Å²) in [5.74, 6) is 0. The number of fused-ring (bicyclic) bond motifs is 2. The topological polar surface area (TPSA) is 47.4 Å². The number of aryl methyl sites for hydroxylation is 1. The van der Waals surface area contributed by atoms with Crippen molar-refractivity contribution in [1.29, 1.82) is 0 Å². The Hall–Kier alpha value is -4.13. The highest BCUT2D eigenvalue weighted by Crippen LogP contribution is 2.45. The summed E-state index contributed by atoms with van der Waals surface area (Å²) in [6.07, 6.45) is 11.6. The zero-order valence-corrected chi connectivity index (χ0v) is 33.0. The monoisotopic (exact) mass is 728 g/mol. The van der Waals surface area contributed by atoms with Gasteiger partial charge in [-0.3, -0.25) is 0 Å². The maximum Gasteiger partial charge on any atom is 0.105 e. The number of likely N-dealkylation sites (N-methyl/N-ethyl adjacent to an activating group) is 2. The van der Waals surface area contributed by atoms with Crippen molar-refractivity contribution in [3.63, 3.8) is 0 Å². The molecule has 1 fully saturated rings. The van der Waals surface area contributed by atoms with E-state index < -0.39 is 5.60 Å². The Morgan fingerprint density at radius 3 is 1.74 bits per heavy atom. The summed E-state index contributed by atoms with van der Waals surface area (Å²) in [6.45, 7) is 0. The van der Waals surface area contributed by atoms with Crippen LogP contribution in [0.4, 0.5) is 0 Å². The summed E-state index contributed by atoms with van der Waals surface area (Å²) in [5.41, 5.74) is 8.60. The molecule has 2 aliphatic carbocycles. The second-order valence-corrected chi connectivity index (χ2v) is 15.9. The first kappa shape index (κ1) is 38.6. The van der Waals surface area contributed by atoms with Crippen molar-refractivity contribution in [1.82, 2.24) is 19.4 Å². The maximum absolute atomic E-state index is 11.6. The molecule has 53 heavy (non-hydrogen) atoms. The molecule has 278 valence electrons. The smallest absolute Gasteiger partial charge is 0.105 e. The van der Waals surface area contributed by atoms with Crippen molar-refractivity contribution in [3.8, 4) is 0 Å². The van der Waals surface area contributed by atoms with E-state index in [0.29, 0.717) is 0 Å². The van der Waals surface area contributed by atoms with Gasteiger partial charge in [0.15, 0.2) is 0 Å². The maximum atomic E-state index is 11.6. The summed E-state index contributed by atoms with van der Waals surface area (Å²) in [5, 5.41) is 14.1. The van der Waals surface area contributed by atoms with Crippen LogP contribution < -0.4 is 0 Å². The fourth-order valence-electron chi connectivity index (χ4n) is 8.95. The van der Waals surface area contributed by atoms with Crippen molar-refractivity contribution in [2.75, 3.05) is 28.2 Å². The highest BCUT2D eigenvalue weighted by Gasteiger charge is 2.45. The lowest BCUT2D eigenvalue weighted by Gasteiger charge is -2.48. The quantitative estimate of drug-likeness (QED) is 0.164. The standard InChI is InChI=1S/C24H30N2O.C23H26N2.ClH/c1-25(2)23(18-19-9-5-4-6-10-19)13-15-24(27,16-14-23)22-17-20-11-7-8-12-21(20)26(22)3;1-25(2)23(17-18-8-4-3-5-9-18)14-12-19(13-15-23)22-16-20-10-6-7-11-21(20)24-22;/h4-12,17,27H,13-16,18H2,1-3H3;3-12,16,24H,13-15,17H2,1-2H3;1H. The normalized spacial score (nSPS) is 23.1. The third kappa shape index (κ3) is 8.05. The van der Waals surface area contributed by atoms with Crippen LogP contribution >= 0.6 is 12.4 Å². The summed E-state index contributed by atoms with van der Waals surface area (Å²) in [6, 6.07) is 43.0. The van der Waals surface area contributed by atoms with E-state index in [1.807, 2.05) is 0 Å². The molecule has 1 saturated carbocycles. The van der Waals surface area contributed by atoms with Crippen LogP contribution in [0.25, 0.3) is 27.4 Å². The number of aliphatic hydroxyl groups is 1. The molecular weight excluding hydrogens is 672 g/mol. The molecular formula is C47H57ClN4O. The number of aromatic nitrogens is 2. The van der Waals surface area contributed by atoms with Crippen LogP contribution in [0.15, 0.2) is 127 Å². The number of para-hydroxylation sites is 2. The van der Waals surface area contributed by atoms with Gasteiger partial charge >= 0.3 is 0 Å². The molecule has 1 unspecified atom stereocenters. The molecule has 1 atom stereocenters. The third-order valence-electron chi connectivity index (χ3n) is 12.5. The van der Waals surface area contributed by atoms with Crippen LogP contribution in [-0.2, 0) is 25.5 Å². The number of H-pyrrole nitrogens is 1. The fraction of sp³-hybridized carbons (Fsp3) is 0.362. The first-order valence-electron chi connectivity index (χ1n) is 19.1. The molecule has 2 aromatic heterocycles. The van der Waals surface area contributed by atoms with Crippen LogP contribution in [0, 0.1) is 0 Å². The minimum Gasteiger partial charge on any atom is -0.384 e. The lowest BCUT2D eigenvalue weighted by atomic mass is 9.69. The van der Waals surface area contributed by atoms with E-state index in [1.54, 1.807) is 0 Å². The van der Waals surface area contributed by atoms with E-state index in [0.717, 1.165) is 57.1 Å². The molecule has 2 heterocycles. The molecule has 0 radical (unpaired) electrons. The second-order valence-electron chi connectivity index (χ2n) is 15.9. The van der Waals surface area contributed by atoms with Crippen molar-refractivity contribution in [2.45, 2.75) is 74.5 Å². The van der Waals surface area contributed by atoms with E-state index in [9.17, 15) is 5.11 Å². The molecule has 6 heteroatoms. The van der Waals surface area contributed by atoms with Gasteiger partial charge in [-0.1, -0.05) is 103 Å². The number of nitrogens with one attached hydrogen (secondary N) is 1. The Balaban J connectivity index is 0.000000178. The van der Waals surface area contributed by atoms with Crippen LogP contribution in [-0.4, -0.2) is 63.7 Å². The molecule has 0 bridgehead atoms. The molecule has 6 aromatic rings. The average Bonchev–Trinajstić information content (AvgIpc) is 3.76. The Bertz CT molecular complexity index is 2090. The molecule has 0 amide bonds. The zero-order valence-electron chi connectivity index (χ0n) is 32.2. The van der Waals surface area contributed by atoms with Crippen LogP contribution in [0.3, 0.4) is 0 Å². The molecule has 2 aliphatic rings. The van der Waals surface area contributed by atoms with E-state index >= 15 is 0 Å². The molecule has 2 N–H and O–H groups in total. The molecule has 0 aliphatic heterocycles. The molecule has 8 rings (SSSR count). The number of aromatic amines is 1. The highest BCUT2D eigenvalue weighted by molar-refractivity contribution is 5.85. The van der Waals surface area contributed by atoms with Crippen molar-refractivity contribution >= 4 is 39.8 Å². The van der Waals surface area contributed by atoms with E-state index in [4.69, 9.17) is 0 Å². The van der Waals surface area contributed by atoms with E-state index in [-0.39, 0.29) is 23.5 Å². The molecule has 0 spiro atoms. The minimum absolute atomic E-state index is 0. The van der Waals surface area contributed by atoms with Crippen molar-refractivity contribution < 1.29 is 5.11 Å². The van der Waals surface area contributed by atoms with Crippen LogP contribution in [0.2, 0.25) is 0 Å². The van der Waals surface area contributed by atoms with Crippen LogP contribution in [0.1, 0.15) is 67.5 Å². The van der Waals surface area contributed by atoms with E-state index in [1.165, 1.54) is 50.6 Å². The van der Waals surface area contributed by atoms with Gasteiger partial charge in [0.05, 0.1) is 5.69 Å². The number of benzene rings is 4. The zero-order chi connectivity index (χ0) is 36.3. The van der Waals surface area contributed by atoms with Gasteiger partial charge in [0.25, 0.3) is 0 Å². The van der Waals surface area contributed by atoms with Crippen molar-refractivity contribution in [2.24, 2.45) is 7.05 Å². The van der Waals surface area contributed by atoms with Gasteiger partial charge in [0.2, 0.25) is 0 Å². The summed E-state index contributed by atoms with van der Waals surface area (Å²) >= 11 is 0. The number of rotatable bonds is 8. The summed E-state index contributed by atoms with van der Waals surface area (Å²) in [7, 11) is 10.9. The third-order valence-corrected chi connectivity index (χ3v) is 12.5. The summed E-state index contributed by atoms with van der Waals surface area (Å²) in [4.78, 5) is 8.39. The van der Waals surface area contributed by atoms with Gasteiger partial charge in [-0.15, -0.1) is 12.4 Å². The Kier molecular flexibility index (Phi) is 11.7. The van der Waals surface area contributed by atoms with Gasteiger partial charge in [0, 0.05) is 34.9 Å². The number of hydrogen-bond donors (Lipinski definition) is 2. The van der Waals surface area contributed by atoms with Crippen molar-refractivity contribution in [3.05, 3.63) is 150 Å². The van der Waals surface area contributed by atoms with Crippen LogP contribution in [0.5, 0.6) is 0 Å². The minimum atomic E-state index is -0.746. The first-order valence-corrected chi connectivity index (χ1v) is 19.1. The first-order chi connectivity index (χ1) is 25.1. The van der Waals surface area contributed by atoms with Gasteiger partial charge in [-0.2, -0.15) is 0 Å². The fourth-order valence-corrected chi connectivity index (χ4v) is 8.95. The number of allylic oxidation sites excluding steroid dienone is 1. The molecule has 0 saturated heterocycles. The lowest BCUT2D eigenvalue weighted by molar-refractivity contribution is -0.0528. The van der Waals surface area contributed by atoms with Gasteiger partial charge in [-0.25, -0.2) is 0 Å². The SMILES string of the molecule is CN(C)C1(Cc2ccccc2)CC=C(c2cc3ccccc3[nH]2)CC1.CN(C)C1(Cc2ccccc2)CCC(O)(c2cc3ccccc3n2C)CC1.Cl. The lowest BCUT2D eigenvalue weighted by Crippen LogP contribution is -2.52. The molecule has 5 nitrogen and oxygen atoms in total. The predicted octanol–water partition coefficient (Wildman–Crippen LogP) is 10.2. The Labute approximate surface area is 322 Å². The highest BCUT2D eigenvalue weighted by atomic mass is 35.5. The second kappa shape index (κ2) is 16.1. The predicted molar refractivity (Wildman–Crippen MR) is 226 cm³/mol. The molecule has 4 aromatic carbocycles. The largest absolute Gasteiger partial charge is 0.384 e. The van der Waals surface area contributed by atoms with Gasteiger partial charge < -0.3 is 24.5 Å². The summed E-state index contributed by atoms with van der Waals surface area (Å²) < 4.78 is 2.18. The Morgan fingerprint density at radius 1 is 0.642 bits per heavy atom. The average molecular weight is 729 g/mol. The van der Waals surface area contributed by atoms with Gasteiger partial charge in [-0.05, 0) is 138 Å². The van der Waals surface area contributed by atoms with E-state index in [2.05, 4.69) is 182 Å². The number of hydrogen-bond acceptors (Lipinski definition) is 3. The number of nitrogens with zero attached hydrogens (tertiary/aromatic N) is 3. The van der Waals surface area contributed by atoms with Gasteiger partial charge in [0.1, 0.15) is 5.60 Å². The Morgan fingerprint density at radius 2 is 1.19 bits per heavy atom.